The second-order valence-corrected chi connectivity index (χ2v) is 15.2. The number of allylic oxidation sites excluding steroid dienone is 2. The molecule has 0 radical (unpaired) electrons. The first-order valence-electron chi connectivity index (χ1n) is 17.1. The number of rotatable bonds is 7. The van der Waals surface area contributed by atoms with Crippen molar-refractivity contribution >= 4 is 68.5 Å². The SMILES string of the molecule is COc1cc([C@H]2C3=CC[C@@H]4C(=O)N(c5ccc(C(=O)O)c(O)c5)C(=O)[C@@H]4[C@@H]3C[C@H]3C(=O)N(Nc4ccc(F)cc4)C(=O)[C@@]23c2ccc(Cl)cc2)cc(Br)c1O. The van der Waals surface area contributed by atoms with Crippen LogP contribution in [0.4, 0.5) is 15.8 Å². The molecule has 55 heavy (non-hydrogen) atoms. The second-order valence-electron chi connectivity index (χ2n) is 13.9. The minimum atomic E-state index is -1.67. The van der Waals surface area contributed by atoms with Crippen molar-refractivity contribution in [2.24, 2.45) is 23.7 Å². The van der Waals surface area contributed by atoms with Crippen LogP contribution >= 0.6 is 27.5 Å². The van der Waals surface area contributed by atoms with Crippen LogP contribution in [0.15, 0.2) is 95.0 Å². The van der Waals surface area contributed by atoms with Crippen LogP contribution in [0.1, 0.15) is 40.2 Å². The number of aromatic hydroxyl groups is 2. The maximum atomic E-state index is 15.3. The summed E-state index contributed by atoms with van der Waals surface area (Å²) in [5, 5.41) is 32.1. The van der Waals surface area contributed by atoms with E-state index < -0.39 is 81.7 Å². The van der Waals surface area contributed by atoms with Gasteiger partial charge in [0, 0.05) is 17.0 Å². The number of phenolic OH excluding ortho intramolecular Hbond substituents is 1. The molecule has 0 spiro atoms. The van der Waals surface area contributed by atoms with Crippen LogP contribution in [0.5, 0.6) is 17.2 Å². The van der Waals surface area contributed by atoms with Gasteiger partial charge in [-0.2, -0.15) is 5.01 Å². The molecule has 4 aromatic carbocycles. The Morgan fingerprint density at radius 3 is 2.31 bits per heavy atom. The normalized spacial score (nSPS) is 25.7. The molecule has 2 heterocycles. The molecular weight excluding hydrogens is 801 g/mol. The molecule has 15 heteroatoms. The van der Waals surface area contributed by atoms with Crippen molar-refractivity contribution in [2.45, 2.75) is 24.2 Å². The Balaban J connectivity index is 1.33. The topological polar surface area (TPSA) is 174 Å². The van der Waals surface area contributed by atoms with Crippen LogP contribution in [-0.2, 0) is 24.6 Å². The quantitative estimate of drug-likeness (QED) is 0.118. The van der Waals surface area contributed by atoms with Crippen LogP contribution in [0.3, 0.4) is 0 Å². The van der Waals surface area contributed by atoms with Gasteiger partial charge in [-0.05, 0) is 106 Å². The summed E-state index contributed by atoms with van der Waals surface area (Å²) in [4.78, 5) is 71.2. The number of methoxy groups -OCH3 is 1. The van der Waals surface area contributed by atoms with Gasteiger partial charge in [0.25, 0.3) is 11.8 Å². The zero-order valence-corrected chi connectivity index (χ0v) is 31.0. The number of benzene rings is 4. The van der Waals surface area contributed by atoms with Crippen LogP contribution in [-0.4, -0.2) is 57.0 Å². The molecule has 12 nitrogen and oxygen atoms in total. The van der Waals surface area contributed by atoms with Gasteiger partial charge in [-0.3, -0.25) is 24.6 Å². The van der Waals surface area contributed by atoms with E-state index >= 15 is 4.79 Å². The van der Waals surface area contributed by atoms with E-state index in [9.17, 15) is 38.9 Å². The van der Waals surface area contributed by atoms with Crippen molar-refractivity contribution < 1.29 is 48.4 Å². The van der Waals surface area contributed by atoms with Gasteiger partial charge in [0.1, 0.15) is 17.1 Å². The number of carbonyl (C=O) groups is 5. The highest BCUT2D eigenvalue weighted by Crippen LogP contribution is 2.65. The number of hydrogen-bond donors (Lipinski definition) is 4. The van der Waals surface area contributed by atoms with Gasteiger partial charge in [0.05, 0.1) is 46.1 Å². The first-order chi connectivity index (χ1) is 26.3. The van der Waals surface area contributed by atoms with E-state index in [-0.39, 0.29) is 40.2 Å². The number of fused-ring (bicyclic) bond motifs is 4. The number of anilines is 2. The number of carboxylic acids is 1. The molecule has 0 aromatic heterocycles. The lowest BCUT2D eigenvalue weighted by atomic mass is 9.49. The smallest absolute Gasteiger partial charge is 0.339 e. The molecule has 1 saturated carbocycles. The predicted molar refractivity (Wildman–Crippen MR) is 199 cm³/mol. The molecule has 4 N–H and O–H groups in total. The van der Waals surface area contributed by atoms with Crippen molar-refractivity contribution in [2.75, 3.05) is 17.4 Å². The number of hydrogen-bond acceptors (Lipinski definition) is 9. The Hall–Kier alpha value is -5.73. The number of halogens is 3. The molecule has 4 amide bonds. The van der Waals surface area contributed by atoms with E-state index in [4.69, 9.17) is 16.3 Å². The molecule has 280 valence electrons. The minimum Gasteiger partial charge on any atom is -0.507 e. The number of amides is 4. The lowest BCUT2D eigenvalue weighted by Crippen LogP contribution is -2.53. The summed E-state index contributed by atoms with van der Waals surface area (Å²) in [6.45, 7) is 0. The Bertz CT molecular complexity index is 2370. The van der Waals surface area contributed by atoms with Gasteiger partial charge < -0.3 is 20.1 Å². The first kappa shape index (κ1) is 36.3. The number of carboxylic acid groups (broad SMARTS) is 1. The highest BCUT2D eigenvalue weighted by molar-refractivity contribution is 9.10. The minimum absolute atomic E-state index is 0.00897. The Morgan fingerprint density at radius 1 is 0.945 bits per heavy atom. The van der Waals surface area contributed by atoms with Crippen molar-refractivity contribution in [1.82, 2.24) is 5.01 Å². The van der Waals surface area contributed by atoms with Gasteiger partial charge in [-0.1, -0.05) is 35.4 Å². The van der Waals surface area contributed by atoms with Gasteiger partial charge in [0.2, 0.25) is 11.8 Å². The molecule has 8 rings (SSSR count). The number of carbonyl (C=O) groups excluding carboxylic acids is 4. The van der Waals surface area contributed by atoms with E-state index in [0.29, 0.717) is 21.7 Å². The zero-order valence-electron chi connectivity index (χ0n) is 28.7. The molecule has 4 aromatic rings. The maximum Gasteiger partial charge on any atom is 0.339 e. The Labute approximate surface area is 325 Å². The fourth-order valence-corrected chi connectivity index (χ4v) is 9.63. The summed E-state index contributed by atoms with van der Waals surface area (Å²) in [7, 11) is 1.37. The van der Waals surface area contributed by atoms with E-state index in [1.165, 1.54) is 37.4 Å². The summed E-state index contributed by atoms with van der Waals surface area (Å²) >= 11 is 9.77. The summed E-state index contributed by atoms with van der Waals surface area (Å²) < 4.78 is 19.7. The van der Waals surface area contributed by atoms with E-state index in [2.05, 4.69) is 21.4 Å². The van der Waals surface area contributed by atoms with Crippen molar-refractivity contribution in [1.29, 1.82) is 0 Å². The Morgan fingerprint density at radius 2 is 1.65 bits per heavy atom. The third-order valence-electron chi connectivity index (χ3n) is 11.3. The van der Waals surface area contributed by atoms with E-state index in [1.54, 1.807) is 36.4 Å². The monoisotopic (exact) mass is 829 g/mol. The van der Waals surface area contributed by atoms with Crippen LogP contribution in [0.25, 0.3) is 0 Å². The molecule has 2 saturated heterocycles. The highest BCUT2D eigenvalue weighted by atomic mass is 79.9. The molecule has 4 aliphatic rings. The third-order valence-corrected chi connectivity index (χ3v) is 12.2. The lowest BCUT2D eigenvalue weighted by molar-refractivity contribution is -0.138. The predicted octanol–water partition coefficient (Wildman–Crippen LogP) is 6.55. The van der Waals surface area contributed by atoms with Gasteiger partial charge in [-0.25, -0.2) is 14.1 Å². The Kier molecular flexibility index (Phi) is 8.73. The van der Waals surface area contributed by atoms with Gasteiger partial charge >= 0.3 is 5.97 Å². The molecular formula is C40H30BrClFN3O9. The molecule has 3 fully saturated rings. The summed E-state index contributed by atoms with van der Waals surface area (Å²) in [6, 6.07) is 18.3. The molecule has 6 atom stereocenters. The standard InChI is InChI=1S/C40H30BrClFN3O9/c1-55-31-15-18(14-29(41)34(31)48)33-24-12-13-26-32(37(51)45(35(26)49)23-10-11-25(38(52)53)30(47)16-23)27(24)17-28-36(50)46(44-22-8-6-21(43)7-9-22)39(54)40(28,33)19-2-4-20(42)5-3-19/h2-12,14-16,26-28,32-33,44,47-48H,13,17H2,1H3,(H,52,53)/t26-,27+,28-,32-,33-,40+/m0/s1. The molecule has 2 aliphatic heterocycles. The number of nitrogens with zero attached hydrogens (tertiary/aromatic N) is 2. The number of aromatic carboxylic acids is 1. The maximum absolute atomic E-state index is 15.3. The highest BCUT2D eigenvalue weighted by Gasteiger charge is 2.70. The summed E-state index contributed by atoms with van der Waals surface area (Å²) in [5.41, 5.74) is 2.59. The van der Waals surface area contributed by atoms with Crippen molar-refractivity contribution in [3.8, 4) is 17.2 Å². The van der Waals surface area contributed by atoms with Crippen LogP contribution < -0.4 is 15.1 Å². The number of ether oxygens (including phenoxy) is 1. The fourth-order valence-electron chi connectivity index (χ4n) is 9.04. The number of imide groups is 2. The van der Waals surface area contributed by atoms with Crippen LogP contribution in [0.2, 0.25) is 5.02 Å². The number of phenols is 2. The van der Waals surface area contributed by atoms with Crippen LogP contribution in [0, 0.1) is 29.5 Å². The lowest BCUT2D eigenvalue weighted by Gasteiger charge is -2.50. The van der Waals surface area contributed by atoms with Gasteiger partial charge in [-0.15, -0.1) is 0 Å². The van der Waals surface area contributed by atoms with E-state index in [0.717, 1.165) is 22.0 Å². The number of hydrazine groups is 1. The molecule has 2 aliphatic carbocycles. The van der Waals surface area contributed by atoms with Gasteiger partial charge in [0.15, 0.2) is 11.5 Å². The van der Waals surface area contributed by atoms with E-state index in [1.807, 2.05) is 6.08 Å². The first-order valence-corrected chi connectivity index (χ1v) is 18.3. The summed E-state index contributed by atoms with van der Waals surface area (Å²) in [5.74, 6) is -9.81. The van der Waals surface area contributed by atoms with Crippen molar-refractivity contribution in [3.05, 3.63) is 123 Å². The number of nitrogens with one attached hydrogen (secondary N) is 1. The molecule has 0 bridgehead atoms. The average molecular weight is 831 g/mol. The molecule has 0 unspecified atom stereocenters. The zero-order chi connectivity index (χ0) is 39.1. The average Bonchev–Trinajstić information content (AvgIpc) is 3.54. The fraction of sp³-hybridized carbons (Fsp3) is 0.225. The second kappa shape index (κ2) is 13.2. The largest absolute Gasteiger partial charge is 0.507 e. The van der Waals surface area contributed by atoms with Crippen molar-refractivity contribution in [3.63, 3.8) is 0 Å². The summed E-state index contributed by atoms with van der Waals surface area (Å²) in [6.07, 6.45) is 1.89. The third kappa shape index (κ3) is 5.41.